The van der Waals surface area contributed by atoms with Crippen molar-refractivity contribution in [1.29, 1.82) is 0 Å². The third-order valence-electron chi connectivity index (χ3n) is 5.20. The minimum absolute atomic E-state index is 0.394. The molecule has 0 atom stereocenters. The van der Waals surface area contributed by atoms with Crippen LogP contribution in [0.1, 0.15) is 36.1 Å². The van der Waals surface area contributed by atoms with E-state index in [2.05, 4.69) is 31.8 Å². The van der Waals surface area contributed by atoms with Crippen LogP contribution >= 0.6 is 15.9 Å². The molecule has 3 rings (SSSR count). The molecule has 2 N–H and O–H groups in total. The first-order valence-corrected chi connectivity index (χ1v) is 12.1. The number of halogens is 1. The Balaban J connectivity index is 1.67. The van der Waals surface area contributed by atoms with Crippen LogP contribution in [0.5, 0.6) is 11.5 Å². The first-order chi connectivity index (χ1) is 16.9. The van der Waals surface area contributed by atoms with Gasteiger partial charge in [0, 0.05) is 5.69 Å². The molecule has 0 saturated heterocycles. The SMILES string of the molecule is CCOc1cc(/C=N/NC(=O)C(=O)Nc2ccccc2CC)cc(Br)c1OCc1ccccc1C. The lowest BCUT2D eigenvalue weighted by Crippen LogP contribution is -2.32. The number of hydrazone groups is 1. The Morgan fingerprint density at radius 1 is 0.971 bits per heavy atom. The molecule has 0 radical (unpaired) electrons. The highest BCUT2D eigenvalue weighted by atomic mass is 79.9. The molecule has 3 aromatic rings. The van der Waals surface area contributed by atoms with Crippen LogP contribution < -0.4 is 20.2 Å². The summed E-state index contributed by atoms with van der Waals surface area (Å²) in [5.74, 6) is -0.545. The number of hydrogen-bond acceptors (Lipinski definition) is 5. The zero-order valence-corrected chi connectivity index (χ0v) is 21.5. The van der Waals surface area contributed by atoms with Gasteiger partial charge in [-0.25, -0.2) is 5.43 Å². The van der Waals surface area contributed by atoms with Gasteiger partial charge >= 0.3 is 11.8 Å². The number of rotatable bonds is 9. The Kier molecular flexibility index (Phi) is 9.43. The fourth-order valence-corrected chi connectivity index (χ4v) is 3.91. The van der Waals surface area contributed by atoms with E-state index in [9.17, 15) is 9.59 Å². The topological polar surface area (TPSA) is 89.0 Å². The van der Waals surface area contributed by atoms with Crippen LogP contribution in [0.2, 0.25) is 0 Å². The Morgan fingerprint density at radius 2 is 1.69 bits per heavy atom. The molecular weight excluding hydrogens is 510 g/mol. The lowest BCUT2D eigenvalue weighted by Gasteiger charge is -2.15. The number of benzene rings is 3. The molecule has 0 unspecified atom stereocenters. The van der Waals surface area contributed by atoms with Crippen LogP contribution in [0.4, 0.5) is 5.69 Å². The van der Waals surface area contributed by atoms with E-state index in [0.717, 1.165) is 23.1 Å². The summed E-state index contributed by atoms with van der Waals surface area (Å²) in [6, 6.07) is 18.9. The normalized spacial score (nSPS) is 10.7. The third-order valence-corrected chi connectivity index (χ3v) is 5.79. The number of nitrogens with zero attached hydrogens (tertiary/aromatic N) is 1. The number of para-hydroxylation sites is 1. The van der Waals surface area contributed by atoms with Gasteiger partial charge in [0.2, 0.25) is 0 Å². The maximum atomic E-state index is 12.2. The van der Waals surface area contributed by atoms with Gasteiger partial charge in [-0.1, -0.05) is 49.4 Å². The first kappa shape index (κ1) is 26.0. The second kappa shape index (κ2) is 12.7. The van der Waals surface area contributed by atoms with Gasteiger partial charge in [-0.2, -0.15) is 5.10 Å². The van der Waals surface area contributed by atoms with Crippen LogP contribution in [-0.4, -0.2) is 24.6 Å². The van der Waals surface area contributed by atoms with Crippen LogP contribution in [0, 0.1) is 6.92 Å². The van der Waals surface area contributed by atoms with Crippen LogP contribution in [0.15, 0.2) is 70.2 Å². The monoisotopic (exact) mass is 537 g/mol. The fourth-order valence-electron chi connectivity index (χ4n) is 3.33. The van der Waals surface area contributed by atoms with Crippen molar-refractivity contribution in [3.8, 4) is 11.5 Å². The molecule has 0 aliphatic rings. The minimum atomic E-state index is -0.866. The van der Waals surface area contributed by atoms with Gasteiger partial charge in [-0.05, 0) is 76.7 Å². The van der Waals surface area contributed by atoms with E-state index in [0.29, 0.717) is 40.4 Å². The Morgan fingerprint density at radius 3 is 2.40 bits per heavy atom. The molecule has 0 aliphatic carbocycles. The van der Waals surface area contributed by atoms with E-state index in [1.807, 2.05) is 57.2 Å². The molecule has 2 amide bonds. The molecule has 7 nitrogen and oxygen atoms in total. The van der Waals surface area contributed by atoms with Crippen molar-refractivity contribution in [3.05, 3.63) is 87.4 Å². The second-order valence-electron chi connectivity index (χ2n) is 7.64. The summed E-state index contributed by atoms with van der Waals surface area (Å²) < 4.78 is 12.5. The smallest absolute Gasteiger partial charge is 0.329 e. The van der Waals surface area contributed by atoms with E-state index < -0.39 is 11.8 Å². The summed E-state index contributed by atoms with van der Waals surface area (Å²) in [7, 11) is 0. The lowest BCUT2D eigenvalue weighted by atomic mass is 10.1. The molecule has 0 aromatic heterocycles. The lowest BCUT2D eigenvalue weighted by molar-refractivity contribution is -0.136. The third kappa shape index (κ3) is 7.16. The van der Waals surface area contributed by atoms with Crippen molar-refractivity contribution in [2.24, 2.45) is 5.10 Å². The average molecular weight is 538 g/mol. The number of hydrogen-bond donors (Lipinski definition) is 2. The Hall–Kier alpha value is -3.65. The fraction of sp³-hybridized carbons (Fsp3) is 0.222. The molecule has 8 heteroatoms. The van der Waals surface area contributed by atoms with Crippen LogP contribution in [0.3, 0.4) is 0 Å². The average Bonchev–Trinajstić information content (AvgIpc) is 2.85. The van der Waals surface area contributed by atoms with Gasteiger partial charge in [0.05, 0.1) is 17.3 Å². The first-order valence-electron chi connectivity index (χ1n) is 11.3. The number of ether oxygens (including phenoxy) is 2. The van der Waals surface area contributed by atoms with Crippen molar-refractivity contribution in [2.45, 2.75) is 33.8 Å². The molecule has 0 fully saturated rings. The number of nitrogens with one attached hydrogen (secondary N) is 2. The van der Waals surface area contributed by atoms with E-state index in [4.69, 9.17) is 9.47 Å². The van der Waals surface area contributed by atoms with Crippen molar-refractivity contribution < 1.29 is 19.1 Å². The molecule has 182 valence electrons. The predicted molar refractivity (Wildman–Crippen MR) is 141 cm³/mol. The number of aryl methyl sites for hydroxylation is 2. The van der Waals surface area contributed by atoms with E-state index in [1.165, 1.54) is 6.21 Å². The quantitative estimate of drug-likeness (QED) is 0.217. The maximum Gasteiger partial charge on any atom is 0.329 e. The summed E-state index contributed by atoms with van der Waals surface area (Å²) in [6.07, 6.45) is 2.17. The summed E-state index contributed by atoms with van der Waals surface area (Å²) in [4.78, 5) is 24.4. The Bertz CT molecular complexity index is 1230. The van der Waals surface area contributed by atoms with E-state index in [-0.39, 0.29) is 0 Å². The van der Waals surface area contributed by atoms with Gasteiger partial charge < -0.3 is 14.8 Å². The zero-order valence-electron chi connectivity index (χ0n) is 19.9. The number of carbonyl (C=O) groups excluding carboxylic acids is 2. The van der Waals surface area contributed by atoms with Crippen molar-refractivity contribution >= 4 is 39.6 Å². The zero-order chi connectivity index (χ0) is 25.2. The number of anilines is 1. The Labute approximate surface area is 213 Å². The molecule has 0 bridgehead atoms. The molecule has 0 saturated carbocycles. The second-order valence-corrected chi connectivity index (χ2v) is 8.50. The number of amides is 2. The van der Waals surface area contributed by atoms with Crippen LogP contribution in [0.25, 0.3) is 0 Å². The molecule has 0 heterocycles. The van der Waals surface area contributed by atoms with Gasteiger partial charge in [0.1, 0.15) is 6.61 Å². The highest BCUT2D eigenvalue weighted by molar-refractivity contribution is 9.10. The van der Waals surface area contributed by atoms with E-state index in [1.54, 1.807) is 24.3 Å². The predicted octanol–water partition coefficient (Wildman–Crippen LogP) is 5.39. The van der Waals surface area contributed by atoms with Crippen LogP contribution in [-0.2, 0) is 22.6 Å². The molecule has 3 aromatic carbocycles. The highest BCUT2D eigenvalue weighted by Crippen LogP contribution is 2.37. The van der Waals surface area contributed by atoms with Gasteiger partial charge in [0.15, 0.2) is 11.5 Å². The standard InChI is InChI=1S/C27H28BrN3O4/c1-4-20-11-8-9-13-23(20)30-26(32)27(33)31-29-16-19-14-22(28)25(24(15-19)34-5-2)35-17-21-12-7-6-10-18(21)3/h6-16H,4-5,17H2,1-3H3,(H,30,32)(H,31,33)/b29-16+. The number of carbonyl (C=O) groups is 2. The molecule has 35 heavy (non-hydrogen) atoms. The summed E-state index contributed by atoms with van der Waals surface area (Å²) in [5.41, 5.74) is 6.67. The van der Waals surface area contributed by atoms with Gasteiger partial charge in [0.25, 0.3) is 0 Å². The minimum Gasteiger partial charge on any atom is -0.490 e. The maximum absolute atomic E-state index is 12.2. The molecule has 0 spiro atoms. The van der Waals surface area contributed by atoms with Gasteiger partial charge in [-0.15, -0.1) is 0 Å². The summed E-state index contributed by atoms with van der Waals surface area (Å²) >= 11 is 3.54. The molecule has 0 aliphatic heterocycles. The van der Waals surface area contributed by atoms with E-state index >= 15 is 0 Å². The van der Waals surface area contributed by atoms with Crippen molar-refractivity contribution in [2.75, 3.05) is 11.9 Å². The van der Waals surface area contributed by atoms with Crippen molar-refractivity contribution in [1.82, 2.24) is 5.43 Å². The summed E-state index contributed by atoms with van der Waals surface area (Å²) in [5, 5.41) is 6.54. The van der Waals surface area contributed by atoms with Crippen molar-refractivity contribution in [3.63, 3.8) is 0 Å². The largest absolute Gasteiger partial charge is 0.490 e. The molecular formula is C27H28BrN3O4. The van der Waals surface area contributed by atoms with Gasteiger partial charge in [-0.3, -0.25) is 9.59 Å². The highest BCUT2D eigenvalue weighted by Gasteiger charge is 2.15. The summed E-state index contributed by atoms with van der Waals surface area (Å²) in [6.45, 7) is 6.74.